The van der Waals surface area contributed by atoms with Crippen molar-refractivity contribution in [3.63, 3.8) is 0 Å². The van der Waals surface area contributed by atoms with Crippen LogP contribution in [0.4, 0.5) is 5.69 Å². The zero-order valence-corrected chi connectivity index (χ0v) is 19.6. The van der Waals surface area contributed by atoms with Crippen molar-refractivity contribution in [2.45, 2.75) is 0 Å². The van der Waals surface area contributed by atoms with E-state index in [9.17, 15) is 5.11 Å². The molecule has 0 aliphatic rings. The first-order chi connectivity index (χ1) is 12.8. The van der Waals surface area contributed by atoms with Crippen LogP contribution in [-0.4, -0.2) is 16.4 Å². The third kappa shape index (κ3) is 6.24. The van der Waals surface area contributed by atoms with Gasteiger partial charge >= 0.3 is 43.7 Å². The van der Waals surface area contributed by atoms with Gasteiger partial charge in [0.15, 0.2) is 11.4 Å². The zero-order chi connectivity index (χ0) is 20.0. The van der Waals surface area contributed by atoms with Crippen LogP contribution in [0.1, 0.15) is 5.76 Å². The maximum atomic E-state index is 9.90. The molecule has 0 aliphatic carbocycles. The summed E-state index contributed by atoms with van der Waals surface area (Å²) in [5, 5.41) is 10.6. The molecule has 8 heteroatoms. The summed E-state index contributed by atoms with van der Waals surface area (Å²) in [6.45, 7) is 5.71. The van der Waals surface area contributed by atoms with Gasteiger partial charge in [-0.3, -0.25) is 4.58 Å². The van der Waals surface area contributed by atoms with E-state index in [2.05, 4.69) is 17.9 Å². The van der Waals surface area contributed by atoms with E-state index < -0.39 is 18.2 Å². The molecule has 3 nitrogen and oxygen atoms in total. The van der Waals surface area contributed by atoms with Gasteiger partial charge in [0.1, 0.15) is 18.1 Å². The SMILES string of the molecule is C=[N+]([CH-]c1ccc(-c2ccccc2Cl)[o+]1[CH2-])c1ccccc1O.[Cl][Zr]([Cl])[Cl]. The number of benzene rings is 2. The van der Waals surface area contributed by atoms with Crippen LogP contribution in [0.25, 0.3) is 11.3 Å². The van der Waals surface area contributed by atoms with Crippen LogP contribution in [0.3, 0.4) is 0 Å². The number of hydrogen-bond donors (Lipinski definition) is 1. The normalized spacial score (nSPS) is 9.93. The molecule has 27 heavy (non-hydrogen) atoms. The molecule has 0 atom stereocenters. The summed E-state index contributed by atoms with van der Waals surface area (Å²) in [5.74, 6) is 1.75. The first-order valence-electron chi connectivity index (χ1n) is 7.58. The topological polar surface area (TPSA) is 25.9 Å². The van der Waals surface area contributed by atoms with Crippen LogP contribution in [0.2, 0.25) is 5.02 Å². The molecule has 2 aromatic carbocycles. The third-order valence-corrected chi connectivity index (χ3v) is 3.89. The van der Waals surface area contributed by atoms with Crippen LogP contribution in [0, 0.1) is 13.7 Å². The molecule has 0 aliphatic heterocycles. The van der Waals surface area contributed by atoms with Gasteiger partial charge in [-0.2, -0.15) is 0 Å². The molecule has 0 unspecified atom stereocenters. The molecule has 0 bridgehead atoms. The van der Waals surface area contributed by atoms with E-state index >= 15 is 0 Å². The van der Waals surface area contributed by atoms with Crippen LogP contribution >= 0.6 is 37.1 Å². The number of halogens is 4. The van der Waals surface area contributed by atoms with Crippen molar-refractivity contribution < 1.29 is 31.9 Å². The van der Waals surface area contributed by atoms with Crippen molar-refractivity contribution >= 4 is 49.5 Å². The fourth-order valence-corrected chi connectivity index (χ4v) is 2.60. The van der Waals surface area contributed by atoms with E-state index in [4.69, 9.17) is 37.1 Å². The Balaban J connectivity index is 0.000000596. The van der Waals surface area contributed by atoms with Gasteiger partial charge in [-0.25, -0.2) is 0 Å². The third-order valence-electron chi connectivity index (χ3n) is 3.56. The molecule has 0 saturated heterocycles. The number of furan rings is 1. The first kappa shape index (κ1) is 22.3. The second-order valence-corrected chi connectivity index (χ2v) is 16.9. The Morgan fingerprint density at radius 2 is 1.59 bits per heavy atom. The van der Waals surface area contributed by atoms with Crippen molar-refractivity contribution in [3.05, 3.63) is 85.1 Å². The number of phenolic OH excluding ortho intramolecular Hbond substituents is 1. The zero-order valence-electron chi connectivity index (χ0n) is 14.1. The van der Waals surface area contributed by atoms with Crippen molar-refractivity contribution in [3.8, 4) is 17.1 Å². The number of rotatable bonds is 4. The Labute approximate surface area is 182 Å². The van der Waals surface area contributed by atoms with Crippen molar-refractivity contribution in [2.24, 2.45) is 0 Å². The van der Waals surface area contributed by atoms with E-state index in [1.807, 2.05) is 42.5 Å². The van der Waals surface area contributed by atoms with Crippen LogP contribution in [-0.2, 0) is 18.2 Å². The van der Waals surface area contributed by atoms with E-state index in [-0.39, 0.29) is 5.75 Å². The number of aromatic hydroxyl groups is 1. The molecule has 1 N–H and O–H groups in total. The van der Waals surface area contributed by atoms with Gasteiger partial charge in [-0.15, -0.1) is 0 Å². The van der Waals surface area contributed by atoms with Crippen LogP contribution in [0.5, 0.6) is 5.75 Å². The quantitative estimate of drug-likeness (QED) is 0.166. The van der Waals surface area contributed by atoms with Crippen LogP contribution in [0.15, 0.2) is 64.7 Å². The Bertz CT molecular complexity index is 925. The fraction of sp³-hybridized carbons (Fsp3) is 0. The van der Waals surface area contributed by atoms with Gasteiger partial charge in [0.2, 0.25) is 0 Å². The van der Waals surface area contributed by atoms with Crippen molar-refractivity contribution in [1.29, 1.82) is 0 Å². The average Bonchev–Trinajstić information content (AvgIpc) is 2.96. The van der Waals surface area contributed by atoms with Crippen LogP contribution < -0.4 is 0 Å². The Morgan fingerprint density at radius 1 is 1.00 bits per heavy atom. The van der Waals surface area contributed by atoms with Gasteiger partial charge in [0, 0.05) is 10.6 Å². The molecular formula is C19H16Cl4NO2Zr. The molecule has 3 rings (SSSR count). The fourth-order valence-electron chi connectivity index (χ4n) is 2.37. The van der Waals surface area contributed by atoms with Gasteiger partial charge in [0.25, 0.3) is 0 Å². The van der Waals surface area contributed by atoms with E-state index in [0.29, 0.717) is 10.7 Å². The van der Waals surface area contributed by atoms with Gasteiger partial charge in [-0.05, 0) is 18.2 Å². The number of phenols is 1. The number of nitrogens with zero attached hydrogens (tertiary/aromatic N) is 1. The summed E-state index contributed by atoms with van der Waals surface area (Å²) in [6, 6.07) is 18.4. The van der Waals surface area contributed by atoms with Gasteiger partial charge < -0.3 is 9.15 Å². The molecule has 0 fully saturated rings. The molecule has 0 spiro atoms. The average molecular weight is 523 g/mol. The minimum atomic E-state index is -2.13. The summed E-state index contributed by atoms with van der Waals surface area (Å²) >= 11 is 4.12. The Hall–Kier alpha value is -1.03. The number of para-hydroxylation sites is 2. The first-order valence-corrected chi connectivity index (χ1v) is 17.5. The second-order valence-electron chi connectivity index (χ2n) is 5.27. The van der Waals surface area contributed by atoms with Gasteiger partial charge in [0.05, 0.1) is 13.8 Å². The molecule has 1 aromatic heterocycles. The van der Waals surface area contributed by atoms with Gasteiger partial charge in [-0.1, -0.05) is 54.1 Å². The summed E-state index contributed by atoms with van der Waals surface area (Å²) in [7, 11) is 19.0. The molecule has 0 radical (unpaired) electrons. The predicted molar refractivity (Wildman–Crippen MR) is 111 cm³/mol. The van der Waals surface area contributed by atoms with E-state index in [1.54, 1.807) is 29.3 Å². The van der Waals surface area contributed by atoms with E-state index in [1.165, 1.54) is 0 Å². The maximum absolute atomic E-state index is 9.90. The Morgan fingerprint density at radius 3 is 2.22 bits per heavy atom. The standard InChI is InChI=1S/C19H16ClNO2.3ClH.Zr/c1-21(17-9-5-6-10-18(17)22)13-14-11-12-19(23(14)2)15-7-3-4-8-16(15)20;;;;/h3-13,22H,1-2H2;3*1H;/q;;;;+3/p-3. The monoisotopic (exact) mass is 520 g/mol. The molecule has 3 aromatic rings. The summed E-state index contributed by atoms with van der Waals surface area (Å²) in [4.78, 5) is 0. The molecule has 0 amide bonds. The summed E-state index contributed by atoms with van der Waals surface area (Å²) in [6.07, 6.45) is 0. The minimum absolute atomic E-state index is 0.164. The Kier molecular flexibility index (Phi) is 8.66. The predicted octanol–water partition coefficient (Wildman–Crippen LogP) is 7.25. The second kappa shape index (κ2) is 10.5. The summed E-state index contributed by atoms with van der Waals surface area (Å²) < 4.78 is 4.30. The molecular weight excluding hydrogens is 507 g/mol. The van der Waals surface area contributed by atoms with Crippen molar-refractivity contribution in [2.75, 3.05) is 0 Å². The number of hydrogen-bond acceptors (Lipinski definition) is 1. The van der Waals surface area contributed by atoms with E-state index in [0.717, 1.165) is 17.1 Å². The molecule has 0 saturated carbocycles. The van der Waals surface area contributed by atoms with Crippen molar-refractivity contribution in [1.82, 2.24) is 0 Å². The molecule has 1 heterocycles. The molecule has 141 valence electrons. The summed E-state index contributed by atoms with van der Waals surface area (Å²) in [5.41, 5.74) is 1.49.